The SMILES string of the molecule is Ic1cc(-c2ncco2)cc2c1CNCC2. The summed E-state index contributed by atoms with van der Waals surface area (Å²) < 4.78 is 6.62. The minimum atomic E-state index is 0.708. The van der Waals surface area contributed by atoms with Crippen LogP contribution in [0.15, 0.2) is 29.0 Å². The van der Waals surface area contributed by atoms with Crippen LogP contribution in [0.4, 0.5) is 0 Å². The lowest BCUT2D eigenvalue weighted by Crippen LogP contribution is -2.24. The Labute approximate surface area is 107 Å². The Hall–Kier alpha value is -0.880. The first-order chi connectivity index (χ1) is 7.84. The highest BCUT2D eigenvalue weighted by atomic mass is 127. The third-order valence-corrected chi connectivity index (χ3v) is 3.80. The van der Waals surface area contributed by atoms with E-state index >= 15 is 0 Å². The van der Waals surface area contributed by atoms with Crippen LogP contribution in [-0.4, -0.2) is 11.5 Å². The maximum atomic E-state index is 5.34. The number of hydrogen-bond donors (Lipinski definition) is 1. The third-order valence-electron chi connectivity index (χ3n) is 2.84. The van der Waals surface area contributed by atoms with E-state index in [1.54, 1.807) is 12.5 Å². The quantitative estimate of drug-likeness (QED) is 0.819. The second kappa shape index (κ2) is 4.18. The Balaban J connectivity index is 2.12. The number of oxazole rings is 1. The molecule has 0 atom stereocenters. The van der Waals surface area contributed by atoms with E-state index in [0.717, 1.165) is 25.1 Å². The van der Waals surface area contributed by atoms with Crippen LogP contribution in [0.2, 0.25) is 0 Å². The molecule has 0 unspecified atom stereocenters. The predicted molar refractivity (Wildman–Crippen MR) is 70.1 cm³/mol. The van der Waals surface area contributed by atoms with Gasteiger partial charge in [-0.3, -0.25) is 0 Å². The molecule has 1 aliphatic rings. The molecule has 1 aliphatic heterocycles. The monoisotopic (exact) mass is 326 g/mol. The summed E-state index contributed by atoms with van der Waals surface area (Å²) in [5, 5.41) is 3.39. The number of rotatable bonds is 1. The van der Waals surface area contributed by atoms with Crippen molar-refractivity contribution >= 4 is 22.6 Å². The molecule has 1 aromatic heterocycles. The van der Waals surface area contributed by atoms with E-state index in [0.29, 0.717) is 5.89 Å². The second-order valence-corrected chi connectivity index (χ2v) is 5.02. The maximum Gasteiger partial charge on any atom is 0.225 e. The molecule has 4 heteroatoms. The highest BCUT2D eigenvalue weighted by Gasteiger charge is 2.14. The van der Waals surface area contributed by atoms with Crippen LogP contribution < -0.4 is 5.32 Å². The Morgan fingerprint density at radius 1 is 1.38 bits per heavy atom. The molecule has 0 saturated heterocycles. The van der Waals surface area contributed by atoms with Crippen LogP contribution in [0.1, 0.15) is 11.1 Å². The first kappa shape index (κ1) is 10.3. The van der Waals surface area contributed by atoms with Crippen LogP contribution in [0.5, 0.6) is 0 Å². The van der Waals surface area contributed by atoms with E-state index in [4.69, 9.17) is 4.42 Å². The summed E-state index contributed by atoms with van der Waals surface area (Å²) in [6.45, 7) is 2.03. The summed E-state index contributed by atoms with van der Waals surface area (Å²) in [6.07, 6.45) is 4.38. The molecule has 1 N–H and O–H groups in total. The topological polar surface area (TPSA) is 38.1 Å². The molecular formula is C12H11IN2O. The van der Waals surface area contributed by atoms with E-state index in [9.17, 15) is 0 Å². The van der Waals surface area contributed by atoms with Gasteiger partial charge in [0.05, 0.1) is 6.20 Å². The Morgan fingerprint density at radius 2 is 2.31 bits per heavy atom. The molecule has 2 heterocycles. The van der Waals surface area contributed by atoms with E-state index in [-0.39, 0.29) is 0 Å². The lowest BCUT2D eigenvalue weighted by molar-refractivity contribution is 0.574. The molecule has 16 heavy (non-hydrogen) atoms. The molecule has 0 amide bonds. The molecule has 82 valence electrons. The summed E-state index contributed by atoms with van der Waals surface area (Å²) in [6, 6.07) is 4.34. The molecule has 0 bridgehead atoms. The highest BCUT2D eigenvalue weighted by molar-refractivity contribution is 14.1. The van der Waals surface area contributed by atoms with Gasteiger partial charge in [-0.05, 0) is 58.8 Å². The number of benzene rings is 1. The number of halogens is 1. The number of aromatic nitrogens is 1. The van der Waals surface area contributed by atoms with Crippen molar-refractivity contribution in [1.29, 1.82) is 0 Å². The molecule has 2 aromatic rings. The fourth-order valence-corrected chi connectivity index (χ4v) is 2.91. The van der Waals surface area contributed by atoms with Gasteiger partial charge in [0.15, 0.2) is 0 Å². The molecule has 0 fully saturated rings. The largest absolute Gasteiger partial charge is 0.445 e. The van der Waals surface area contributed by atoms with Crippen molar-refractivity contribution in [2.75, 3.05) is 6.54 Å². The number of nitrogens with one attached hydrogen (secondary N) is 1. The lowest BCUT2D eigenvalue weighted by Gasteiger charge is -2.19. The summed E-state index contributed by atoms with van der Waals surface area (Å²) in [4.78, 5) is 4.19. The lowest BCUT2D eigenvalue weighted by atomic mass is 9.98. The van der Waals surface area contributed by atoms with Crippen molar-refractivity contribution in [1.82, 2.24) is 10.3 Å². The summed E-state index contributed by atoms with van der Waals surface area (Å²) in [5.74, 6) is 0.708. The fourth-order valence-electron chi connectivity index (χ4n) is 2.04. The van der Waals surface area contributed by atoms with Crippen molar-refractivity contribution in [3.8, 4) is 11.5 Å². The second-order valence-electron chi connectivity index (χ2n) is 3.86. The zero-order valence-electron chi connectivity index (χ0n) is 8.66. The molecular weight excluding hydrogens is 315 g/mol. The molecule has 0 saturated carbocycles. The van der Waals surface area contributed by atoms with Crippen molar-refractivity contribution in [2.45, 2.75) is 13.0 Å². The van der Waals surface area contributed by atoms with Gasteiger partial charge in [0, 0.05) is 15.7 Å². The van der Waals surface area contributed by atoms with Gasteiger partial charge in [0.2, 0.25) is 5.89 Å². The first-order valence-electron chi connectivity index (χ1n) is 5.26. The number of nitrogens with zero attached hydrogens (tertiary/aromatic N) is 1. The van der Waals surface area contributed by atoms with Gasteiger partial charge in [-0.1, -0.05) is 0 Å². The van der Waals surface area contributed by atoms with Crippen LogP contribution in [0.3, 0.4) is 0 Å². The zero-order valence-corrected chi connectivity index (χ0v) is 10.8. The summed E-state index contributed by atoms with van der Waals surface area (Å²) in [7, 11) is 0. The molecule has 0 radical (unpaired) electrons. The normalized spacial score (nSPS) is 14.8. The average molecular weight is 326 g/mol. The minimum Gasteiger partial charge on any atom is -0.445 e. The standard InChI is InChI=1S/C12H11IN2O/c13-11-6-9(12-15-3-4-16-12)5-8-1-2-14-7-10(8)11/h3-6,14H,1-2,7H2. The van der Waals surface area contributed by atoms with Gasteiger partial charge in [-0.15, -0.1) is 0 Å². The number of fused-ring (bicyclic) bond motifs is 1. The van der Waals surface area contributed by atoms with Gasteiger partial charge >= 0.3 is 0 Å². The van der Waals surface area contributed by atoms with Gasteiger partial charge in [-0.2, -0.15) is 0 Å². The predicted octanol–water partition coefficient (Wildman–Crippen LogP) is 2.59. The van der Waals surface area contributed by atoms with Crippen molar-refractivity contribution in [2.24, 2.45) is 0 Å². The zero-order chi connectivity index (χ0) is 11.0. The molecule has 1 aromatic carbocycles. The highest BCUT2D eigenvalue weighted by Crippen LogP contribution is 2.27. The van der Waals surface area contributed by atoms with Gasteiger partial charge in [-0.25, -0.2) is 4.98 Å². The molecule has 3 rings (SSSR count). The molecule has 0 aliphatic carbocycles. The summed E-state index contributed by atoms with van der Waals surface area (Å²) >= 11 is 2.38. The van der Waals surface area contributed by atoms with Gasteiger partial charge < -0.3 is 9.73 Å². The number of hydrogen-bond acceptors (Lipinski definition) is 3. The van der Waals surface area contributed by atoms with Crippen LogP contribution in [0.25, 0.3) is 11.5 Å². The van der Waals surface area contributed by atoms with Crippen LogP contribution >= 0.6 is 22.6 Å². The van der Waals surface area contributed by atoms with E-state index in [1.165, 1.54) is 14.7 Å². The molecule has 3 nitrogen and oxygen atoms in total. The molecule has 0 spiro atoms. The average Bonchev–Trinajstić information content (AvgIpc) is 2.82. The van der Waals surface area contributed by atoms with Crippen LogP contribution in [0, 0.1) is 3.57 Å². The van der Waals surface area contributed by atoms with Crippen LogP contribution in [-0.2, 0) is 13.0 Å². The Bertz CT molecular complexity index is 508. The van der Waals surface area contributed by atoms with Gasteiger partial charge in [0.25, 0.3) is 0 Å². The Morgan fingerprint density at radius 3 is 3.12 bits per heavy atom. The fraction of sp³-hybridized carbons (Fsp3) is 0.250. The van der Waals surface area contributed by atoms with E-state index < -0.39 is 0 Å². The van der Waals surface area contributed by atoms with E-state index in [1.807, 2.05) is 0 Å². The smallest absolute Gasteiger partial charge is 0.225 e. The third kappa shape index (κ3) is 1.76. The van der Waals surface area contributed by atoms with Crippen molar-refractivity contribution in [3.63, 3.8) is 0 Å². The Kier molecular flexibility index (Phi) is 2.69. The maximum absolute atomic E-state index is 5.34. The van der Waals surface area contributed by atoms with Crippen molar-refractivity contribution in [3.05, 3.63) is 39.3 Å². The van der Waals surface area contributed by atoms with E-state index in [2.05, 4.69) is 45.0 Å². The van der Waals surface area contributed by atoms with Gasteiger partial charge in [0.1, 0.15) is 6.26 Å². The summed E-state index contributed by atoms with van der Waals surface area (Å²) in [5.41, 5.74) is 3.91. The first-order valence-corrected chi connectivity index (χ1v) is 6.34. The van der Waals surface area contributed by atoms with Crippen molar-refractivity contribution < 1.29 is 4.42 Å². The minimum absolute atomic E-state index is 0.708.